The lowest BCUT2D eigenvalue weighted by molar-refractivity contribution is -0.141. The lowest BCUT2D eigenvalue weighted by Crippen LogP contribution is -2.31. The molecule has 0 spiro atoms. The van der Waals surface area contributed by atoms with Crippen LogP contribution < -0.4 is 5.32 Å². The van der Waals surface area contributed by atoms with Crippen LogP contribution >= 0.6 is 15.9 Å². The van der Waals surface area contributed by atoms with Gasteiger partial charge in [0.25, 0.3) is 5.91 Å². The Balaban J connectivity index is 1.77. The number of ether oxygens (including phenoxy) is 1. The second kappa shape index (κ2) is 8.40. The molecule has 0 bridgehead atoms. The summed E-state index contributed by atoms with van der Waals surface area (Å²) < 4.78 is 5.74. The molecule has 6 heteroatoms. The molecular weight excluding hydrogens is 374 g/mol. The van der Waals surface area contributed by atoms with Crippen molar-refractivity contribution in [2.75, 3.05) is 13.2 Å². The van der Waals surface area contributed by atoms with Crippen molar-refractivity contribution in [3.63, 3.8) is 0 Å². The Morgan fingerprint density at radius 1 is 0.958 bits per heavy atom. The summed E-state index contributed by atoms with van der Waals surface area (Å²) in [6.45, 7) is 1.27. The van der Waals surface area contributed by atoms with E-state index in [-0.39, 0.29) is 24.8 Å². The highest BCUT2D eigenvalue weighted by Gasteiger charge is 2.12. The van der Waals surface area contributed by atoms with Gasteiger partial charge in [0.2, 0.25) is 0 Å². The molecule has 0 radical (unpaired) electrons. The summed E-state index contributed by atoms with van der Waals surface area (Å²) in [6, 6.07) is 13.7. The fourth-order valence-corrected chi connectivity index (χ4v) is 2.14. The molecule has 124 valence electrons. The van der Waals surface area contributed by atoms with Gasteiger partial charge in [0.05, 0.1) is 0 Å². The number of esters is 1. The molecule has 0 unspecified atom stereocenters. The van der Waals surface area contributed by atoms with Gasteiger partial charge in [-0.3, -0.25) is 14.4 Å². The molecule has 24 heavy (non-hydrogen) atoms. The third-order valence-electron chi connectivity index (χ3n) is 3.24. The van der Waals surface area contributed by atoms with Gasteiger partial charge in [-0.1, -0.05) is 45.8 Å². The third-order valence-corrected chi connectivity index (χ3v) is 3.77. The fourth-order valence-electron chi connectivity index (χ4n) is 1.88. The predicted molar refractivity (Wildman–Crippen MR) is 92.9 cm³/mol. The van der Waals surface area contributed by atoms with Gasteiger partial charge in [-0.25, -0.2) is 0 Å². The first-order chi connectivity index (χ1) is 11.5. The molecule has 0 fully saturated rings. The summed E-state index contributed by atoms with van der Waals surface area (Å²) in [5.74, 6) is -1.34. The largest absolute Gasteiger partial charge is 0.456 e. The standard InChI is InChI=1S/C18H16BrNO4/c1-12-2-4-14(5-3-12)18(23)20-10-17(22)24-11-16(21)13-6-8-15(19)9-7-13/h2-9H,10-11H2,1H3,(H,20,23). The summed E-state index contributed by atoms with van der Waals surface area (Å²) in [6.07, 6.45) is 0. The van der Waals surface area contributed by atoms with Crippen LogP contribution in [0.1, 0.15) is 26.3 Å². The minimum atomic E-state index is -0.666. The van der Waals surface area contributed by atoms with Gasteiger partial charge in [-0.15, -0.1) is 0 Å². The van der Waals surface area contributed by atoms with Gasteiger partial charge in [0.15, 0.2) is 12.4 Å². The zero-order valence-corrected chi connectivity index (χ0v) is 14.6. The lowest BCUT2D eigenvalue weighted by atomic mass is 10.1. The van der Waals surface area contributed by atoms with Gasteiger partial charge in [0, 0.05) is 15.6 Å². The van der Waals surface area contributed by atoms with Gasteiger partial charge < -0.3 is 10.1 Å². The number of hydrogen-bond acceptors (Lipinski definition) is 4. The van der Waals surface area contributed by atoms with Crippen LogP contribution in [-0.2, 0) is 9.53 Å². The van der Waals surface area contributed by atoms with E-state index in [0.29, 0.717) is 11.1 Å². The Hall–Kier alpha value is -2.47. The average Bonchev–Trinajstić information content (AvgIpc) is 2.58. The maximum atomic E-state index is 11.9. The predicted octanol–water partition coefficient (Wildman–Crippen LogP) is 2.91. The van der Waals surface area contributed by atoms with E-state index in [2.05, 4.69) is 21.2 Å². The van der Waals surface area contributed by atoms with Crippen LogP contribution in [0.2, 0.25) is 0 Å². The molecule has 0 aliphatic rings. The number of carbonyl (C=O) groups is 3. The maximum Gasteiger partial charge on any atom is 0.325 e. The van der Waals surface area contributed by atoms with E-state index in [1.165, 1.54) is 0 Å². The Bertz CT molecular complexity index is 675. The topological polar surface area (TPSA) is 72.5 Å². The zero-order valence-electron chi connectivity index (χ0n) is 13.0. The van der Waals surface area contributed by atoms with E-state index in [1.807, 2.05) is 19.1 Å². The molecule has 5 nitrogen and oxygen atoms in total. The molecule has 2 rings (SSSR count). The van der Waals surface area contributed by atoms with Gasteiger partial charge >= 0.3 is 5.97 Å². The molecule has 1 amide bonds. The molecule has 0 aromatic heterocycles. The summed E-state index contributed by atoms with van der Waals surface area (Å²) >= 11 is 3.28. The van der Waals surface area contributed by atoms with E-state index in [1.54, 1.807) is 36.4 Å². The number of carbonyl (C=O) groups excluding carboxylic acids is 3. The van der Waals surface area contributed by atoms with Crippen molar-refractivity contribution in [3.8, 4) is 0 Å². The number of hydrogen-bond donors (Lipinski definition) is 1. The van der Waals surface area contributed by atoms with Crippen LogP contribution in [0.3, 0.4) is 0 Å². The molecule has 1 N–H and O–H groups in total. The molecule has 0 saturated heterocycles. The van der Waals surface area contributed by atoms with Crippen LogP contribution in [0.25, 0.3) is 0 Å². The zero-order chi connectivity index (χ0) is 17.5. The first-order valence-corrected chi connectivity index (χ1v) is 8.04. The van der Waals surface area contributed by atoms with Crippen LogP contribution in [0, 0.1) is 6.92 Å². The van der Waals surface area contributed by atoms with Crippen molar-refractivity contribution < 1.29 is 19.1 Å². The highest BCUT2D eigenvalue weighted by molar-refractivity contribution is 9.10. The monoisotopic (exact) mass is 389 g/mol. The Kier molecular flexibility index (Phi) is 6.26. The average molecular weight is 390 g/mol. The quantitative estimate of drug-likeness (QED) is 0.608. The van der Waals surface area contributed by atoms with E-state index < -0.39 is 5.97 Å². The molecule has 0 saturated carbocycles. The number of aryl methyl sites for hydroxylation is 1. The summed E-state index contributed by atoms with van der Waals surface area (Å²) in [5.41, 5.74) is 1.95. The minimum Gasteiger partial charge on any atom is -0.456 e. The molecule has 2 aromatic carbocycles. The van der Waals surface area contributed by atoms with Crippen LogP contribution in [0.5, 0.6) is 0 Å². The second-order valence-electron chi connectivity index (χ2n) is 5.14. The fraction of sp³-hybridized carbons (Fsp3) is 0.167. The van der Waals surface area contributed by atoms with Gasteiger partial charge in [-0.2, -0.15) is 0 Å². The van der Waals surface area contributed by atoms with Crippen LogP contribution in [0.4, 0.5) is 0 Å². The SMILES string of the molecule is Cc1ccc(C(=O)NCC(=O)OCC(=O)c2ccc(Br)cc2)cc1. The summed E-state index contributed by atoms with van der Waals surface area (Å²) in [7, 11) is 0. The first-order valence-electron chi connectivity index (χ1n) is 7.25. The number of halogens is 1. The Morgan fingerprint density at radius 2 is 1.54 bits per heavy atom. The van der Waals surface area contributed by atoms with Crippen molar-refractivity contribution in [2.24, 2.45) is 0 Å². The highest BCUT2D eigenvalue weighted by atomic mass is 79.9. The molecule has 0 aliphatic carbocycles. The van der Waals surface area contributed by atoms with Crippen molar-refractivity contribution in [1.82, 2.24) is 5.32 Å². The van der Waals surface area contributed by atoms with Gasteiger partial charge in [-0.05, 0) is 31.2 Å². The van der Waals surface area contributed by atoms with Gasteiger partial charge in [0.1, 0.15) is 6.54 Å². The molecule has 0 heterocycles. The molecular formula is C18H16BrNO4. The van der Waals surface area contributed by atoms with Crippen molar-refractivity contribution >= 4 is 33.6 Å². The van der Waals surface area contributed by atoms with Crippen molar-refractivity contribution in [3.05, 3.63) is 69.7 Å². The minimum absolute atomic E-state index is 0.291. The number of benzene rings is 2. The lowest BCUT2D eigenvalue weighted by Gasteiger charge is -2.07. The van der Waals surface area contributed by atoms with Crippen molar-refractivity contribution in [1.29, 1.82) is 0 Å². The number of nitrogens with one attached hydrogen (secondary N) is 1. The highest BCUT2D eigenvalue weighted by Crippen LogP contribution is 2.11. The second-order valence-corrected chi connectivity index (χ2v) is 6.06. The molecule has 2 aromatic rings. The number of amides is 1. The number of rotatable bonds is 6. The summed E-state index contributed by atoms with van der Waals surface area (Å²) in [5, 5.41) is 2.46. The summed E-state index contributed by atoms with van der Waals surface area (Å²) in [4.78, 5) is 35.4. The molecule has 0 aliphatic heterocycles. The Labute approximate surface area is 148 Å². The Morgan fingerprint density at radius 3 is 2.17 bits per heavy atom. The first kappa shape index (κ1) is 17.9. The van der Waals surface area contributed by atoms with E-state index in [0.717, 1.165) is 10.0 Å². The number of Topliss-reactive ketones (excluding diaryl/α,β-unsaturated/α-hetero) is 1. The van der Waals surface area contributed by atoms with E-state index in [9.17, 15) is 14.4 Å². The normalized spacial score (nSPS) is 10.1. The maximum absolute atomic E-state index is 11.9. The van der Waals surface area contributed by atoms with Crippen LogP contribution in [0.15, 0.2) is 53.0 Å². The van der Waals surface area contributed by atoms with Crippen LogP contribution in [-0.4, -0.2) is 30.8 Å². The van der Waals surface area contributed by atoms with E-state index in [4.69, 9.17) is 4.74 Å². The smallest absolute Gasteiger partial charge is 0.325 e. The molecule has 0 atom stereocenters. The third kappa shape index (κ3) is 5.31. The van der Waals surface area contributed by atoms with E-state index >= 15 is 0 Å². The number of ketones is 1. The van der Waals surface area contributed by atoms with Crippen molar-refractivity contribution in [2.45, 2.75) is 6.92 Å².